The van der Waals surface area contributed by atoms with Gasteiger partial charge in [0.15, 0.2) is 5.82 Å². The van der Waals surface area contributed by atoms with Crippen LogP contribution in [0.15, 0.2) is 115 Å². The van der Waals surface area contributed by atoms with Crippen LogP contribution in [0.3, 0.4) is 0 Å². The van der Waals surface area contributed by atoms with E-state index in [1.807, 2.05) is 47.4 Å². The normalized spacial score (nSPS) is 20.7. The van der Waals surface area contributed by atoms with E-state index in [-0.39, 0.29) is 22.1 Å². The number of β-lactam (4-membered cyclic amide) rings is 1. The molecule has 9 heteroatoms. The van der Waals surface area contributed by atoms with Crippen molar-refractivity contribution in [1.29, 1.82) is 0 Å². The van der Waals surface area contributed by atoms with Gasteiger partial charge in [-0.1, -0.05) is 109 Å². The number of rotatable bonds is 9. The van der Waals surface area contributed by atoms with Crippen LogP contribution in [0, 0.1) is 0 Å². The lowest BCUT2D eigenvalue weighted by Gasteiger charge is -2.49. The van der Waals surface area contributed by atoms with Crippen LogP contribution in [0.25, 0.3) is 0 Å². The molecule has 0 radical (unpaired) electrons. The Labute approximate surface area is 261 Å². The van der Waals surface area contributed by atoms with E-state index in [1.165, 1.54) is 0 Å². The maximum absolute atomic E-state index is 14.3. The number of fused-ring (bicyclic) bond motifs is 1. The Bertz CT molecular complexity index is 1670. The first-order chi connectivity index (χ1) is 21.4. The Morgan fingerprint density at radius 2 is 1.39 bits per heavy atom. The van der Waals surface area contributed by atoms with Crippen LogP contribution in [-0.2, 0) is 16.9 Å². The summed E-state index contributed by atoms with van der Waals surface area (Å²) in [4.78, 5) is 16.3. The predicted molar refractivity (Wildman–Crippen MR) is 171 cm³/mol. The highest BCUT2D eigenvalue weighted by atomic mass is 32.2. The smallest absolute Gasteiger partial charge is 0.244 e. The van der Waals surface area contributed by atoms with Crippen molar-refractivity contribution in [3.8, 4) is 5.75 Å². The standard InChI is InChI=1S/C35H34N6O2S/c1-34(2)30(31-37-38-39-40(31)23-24-15-13-14-22-28(24)43-3)41-32(42)29(33(41)44-34)36-35(25-16-7-4-8-17-25,26-18-9-5-10-19-26)27-20-11-6-12-21-27/h4-22,29-30,33,36H,23H2,1-3H3/t29?,30?,33-/m1/s1. The number of tetrazole rings is 1. The summed E-state index contributed by atoms with van der Waals surface area (Å²) in [5, 5.41) is 16.7. The average molecular weight is 603 g/mol. The van der Waals surface area contributed by atoms with Crippen LogP contribution >= 0.6 is 11.8 Å². The maximum Gasteiger partial charge on any atom is 0.244 e. The molecule has 0 bridgehead atoms. The molecule has 44 heavy (non-hydrogen) atoms. The van der Waals surface area contributed by atoms with Crippen LogP contribution in [0.5, 0.6) is 5.75 Å². The number of amides is 1. The molecule has 2 fully saturated rings. The SMILES string of the molecule is COc1ccccc1Cn1nnnc1C1N2C(=O)C(NC(c3ccccc3)(c3ccccc3)c3ccccc3)[C@H]2SC1(C)C. The van der Waals surface area contributed by atoms with Crippen LogP contribution in [0.1, 0.15) is 48.0 Å². The minimum atomic E-state index is -0.746. The van der Waals surface area contributed by atoms with Gasteiger partial charge in [0.05, 0.1) is 19.2 Å². The highest BCUT2D eigenvalue weighted by Crippen LogP contribution is 2.57. The molecular weight excluding hydrogens is 568 g/mol. The minimum absolute atomic E-state index is 0.0390. The molecule has 1 aromatic heterocycles. The maximum atomic E-state index is 14.3. The third-order valence-electron chi connectivity index (χ3n) is 8.75. The second kappa shape index (κ2) is 11.2. The van der Waals surface area contributed by atoms with Gasteiger partial charge in [0.1, 0.15) is 23.2 Å². The molecule has 1 N–H and O–H groups in total. The number of methoxy groups -OCH3 is 1. The van der Waals surface area contributed by atoms with E-state index in [0.717, 1.165) is 28.0 Å². The van der Waals surface area contributed by atoms with Gasteiger partial charge in [0.2, 0.25) is 5.91 Å². The zero-order chi connectivity index (χ0) is 30.3. The van der Waals surface area contributed by atoms with Gasteiger partial charge < -0.3 is 9.64 Å². The summed E-state index contributed by atoms with van der Waals surface area (Å²) in [6, 6.07) is 38.3. The molecule has 0 spiro atoms. The van der Waals surface area contributed by atoms with Crippen molar-refractivity contribution in [2.75, 3.05) is 7.11 Å². The quantitative estimate of drug-likeness (QED) is 0.178. The van der Waals surface area contributed by atoms with Gasteiger partial charge in [-0.3, -0.25) is 10.1 Å². The number of para-hydroxylation sites is 1. The lowest BCUT2D eigenvalue weighted by atomic mass is 9.76. The van der Waals surface area contributed by atoms with E-state index in [9.17, 15) is 4.79 Å². The zero-order valence-corrected chi connectivity index (χ0v) is 25.7. The fourth-order valence-electron chi connectivity index (χ4n) is 6.73. The Morgan fingerprint density at radius 1 is 0.841 bits per heavy atom. The summed E-state index contributed by atoms with van der Waals surface area (Å²) in [5.41, 5.74) is 3.44. The molecule has 0 aliphatic carbocycles. The number of aromatic nitrogens is 4. The van der Waals surface area contributed by atoms with Gasteiger partial charge in [-0.2, -0.15) is 0 Å². The van der Waals surface area contributed by atoms with E-state index in [4.69, 9.17) is 4.74 Å². The summed E-state index contributed by atoms with van der Waals surface area (Å²) in [6.07, 6.45) is 0. The summed E-state index contributed by atoms with van der Waals surface area (Å²) in [5.74, 6) is 1.48. The molecule has 4 aromatic carbocycles. The molecule has 3 atom stereocenters. The minimum Gasteiger partial charge on any atom is -0.496 e. The highest BCUT2D eigenvalue weighted by Gasteiger charge is 2.64. The molecule has 7 rings (SSSR count). The van der Waals surface area contributed by atoms with Crippen LogP contribution in [-0.4, -0.2) is 54.3 Å². The number of hydrogen-bond donors (Lipinski definition) is 1. The van der Waals surface area contributed by atoms with Crippen LogP contribution in [0.2, 0.25) is 0 Å². The monoisotopic (exact) mass is 602 g/mol. The molecule has 8 nitrogen and oxygen atoms in total. The average Bonchev–Trinajstić information content (AvgIpc) is 3.61. The largest absolute Gasteiger partial charge is 0.496 e. The molecule has 0 saturated carbocycles. The summed E-state index contributed by atoms with van der Waals surface area (Å²) in [6.45, 7) is 4.79. The van der Waals surface area contributed by atoms with Gasteiger partial charge >= 0.3 is 0 Å². The lowest BCUT2D eigenvalue weighted by Crippen LogP contribution is -2.70. The Morgan fingerprint density at radius 3 is 1.95 bits per heavy atom. The van der Waals surface area contributed by atoms with Crippen molar-refractivity contribution < 1.29 is 9.53 Å². The van der Waals surface area contributed by atoms with Gasteiger partial charge in [-0.25, -0.2) is 4.68 Å². The lowest BCUT2D eigenvalue weighted by molar-refractivity contribution is -0.150. The number of carbonyl (C=O) groups excluding carboxylic acids is 1. The van der Waals surface area contributed by atoms with Crippen molar-refractivity contribution in [2.45, 2.75) is 48.1 Å². The van der Waals surface area contributed by atoms with Crippen molar-refractivity contribution in [2.24, 2.45) is 0 Å². The summed E-state index contributed by atoms with van der Waals surface area (Å²) in [7, 11) is 1.66. The molecule has 2 aliphatic heterocycles. The topological polar surface area (TPSA) is 85.2 Å². The van der Waals surface area contributed by atoms with E-state index in [0.29, 0.717) is 12.4 Å². The zero-order valence-electron chi connectivity index (χ0n) is 24.9. The van der Waals surface area contributed by atoms with E-state index < -0.39 is 11.6 Å². The number of nitrogens with one attached hydrogen (secondary N) is 1. The summed E-state index contributed by atoms with van der Waals surface area (Å²) >= 11 is 1.79. The Hall–Kier alpha value is -4.47. The first-order valence-electron chi connectivity index (χ1n) is 14.8. The second-order valence-electron chi connectivity index (χ2n) is 11.7. The predicted octanol–water partition coefficient (Wildman–Crippen LogP) is 5.42. The molecular formula is C35H34N6O2S. The van der Waals surface area contributed by atoms with Crippen molar-refractivity contribution in [3.63, 3.8) is 0 Å². The fraction of sp³-hybridized carbons (Fsp3) is 0.257. The third-order valence-corrected chi connectivity index (χ3v) is 10.3. The number of benzene rings is 4. The van der Waals surface area contributed by atoms with Crippen LogP contribution in [0.4, 0.5) is 0 Å². The van der Waals surface area contributed by atoms with Crippen molar-refractivity contribution in [3.05, 3.63) is 143 Å². The first kappa shape index (κ1) is 28.3. The number of ether oxygens (including phenoxy) is 1. The summed E-state index contributed by atoms with van der Waals surface area (Å²) < 4.78 is 7.04. The van der Waals surface area contributed by atoms with Gasteiger partial charge in [0, 0.05) is 10.3 Å². The Balaban J connectivity index is 1.26. The molecule has 222 valence electrons. The number of hydrogen-bond acceptors (Lipinski definition) is 7. The molecule has 3 heterocycles. The molecule has 1 amide bonds. The fourth-order valence-corrected chi connectivity index (χ4v) is 8.36. The number of nitrogens with zero attached hydrogens (tertiary/aromatic N) is 5. The molecule has 2 saturated heterocycles. The number of thioether (sulfide) groups is 1. The van der Waals surface area contributed by atoms with E-state index in [1.54, 1.807) is 23.6 Å². The number of carbonyl (C=O) groups is 1. The molecule has 2 unspecified atom stereocenters. The van der Waals surface area contributed by atoms with E-state index >= 15 is 0 Å². The highest BCUT2D eigenvalue weighted by molar-refractivity contribution is 8.01. The Kier molecular flexibility index (Phi) is 7.22. The third kappa shape index (κ3) is 4.58. The van der Waals surface area contributed by atoms with Gasteiger partial charge in [-0.15, -0.1) is 16.9 Å². The van der Waals surface area contributed by atoms with E-state index in [2.05, 4.69) is 107 Å². The molecule has 2 aliphatic rings. The van der Waals surface area contributed by atoms with Crippen molar-refractivity contribution in [1.82, 2.24) is 30.4 Å². The van der Waals surface area contributed by atoms with Crippen molar-refractivity contribution >= 4 is 17.7 Å². The van der Waals surface area contributed by atoms with Crippen LogP contribution < -0.4 is 10.1 Å². The molecule has 5 aromatic rings. The van der Waals surface area contributed by atoms with Gasteiger partial charge in [-0.05, 0) is 47.0 Å². The second-order valence-corrected chi connectivity index (χ2v) is 13.5. The van der Waals surface area contributed by atoms with Gasteiger partial charge in [0.25, 0.3) is 0 Å². The first-order valence-corrected chi connectivity index (χ1v) is 15.6.